The van der Waals surface area contributed by atoms with Gasteiger partial charge in [0.25, 0.3) is 0 Å². The quantitative estimate of drug-likeness (QED) is 0.562. The zero-order valence-electron chi connectivity index (χ0n) is 11.8. The van der Waals surface area contributed by atoms with Gasteiger partial charge in [-0.2, -0.15) is 13.2 Å². The summed E-state index contributed by atoms with van der Waals surface area (Å²) in [7, 11) is 0. The first-order chi connectivity index (χ1) is 10.8. The molecule has 1 aliphatic carbocycles. The van der Waals surface area contributed by atoms with E-state index in [1.54, 1.807) is 12.1 Å². The lowest BCUT2D eigenvalue weighted by Crippen LogP contribution is -2.33. The largest absolute Gasteiger partial charge is 0.490 e. The third-order valence-corrected chi connectivity index (χ3v) is 4.17. The van der Waals surface area contributed by atoms with Crippen LogP contribution in [-0.4, -0.2) is 11.1 Å². The first-order valence-corrected chi connectivity index (χ1v) is 7.36. The van der Waals surface area contributed by atoms with Gasteiger partial charge in [0.1, 0.15) is 22.3 Å². The molecule has 0 saturated heterocycles. The van der Waals surface area contributed by atoms with Gasteiger partial charge in [0.15, 0.2) is 0 Å². The van der Waals surface area contributed by atoms with Crippen LogP contribution in [0, 0.1) is 5.82 Å². The number of alkyl halides is 3. The predicted octanol–water partition coefficient (Wildman–Crippen LogP) is 5.22. The Labute approximate surface area is 135 Å². The minimum atomic E-state index is -4.62. The number of hydrogen-bond donors (Lipinski definition) is 0. The van der Waals surface area contributed by atoms with Crippen molar-refractivity contribution in [2.45, 2.75) is 31.0 Å². The lowest BCUT2D eigenvalue weighted by Gasteiger charge is -2.36. The number of ether oxygens (including phenoxy) is 1. The molecule has 2 nitrogen and oxygen atoms in total. The smallest absolute Gasteiger partial charge is 0.422 e. The number of hydrogen-bond acceptors (Lipinski definition) is 2. The molecule has 1 fully saturated rings. The fourth-order valence-corrected chi connectivity index (χ4v) is 2.88. The van der Waals surface area contributed by atoms with Crippen LogP contribution in [0.4, 0.5) is 17.6 Å². The lowest BCUT2D eigenvalue weighted by molar-refractivity contribution is -0.139. The van der Waals surface area contributed by atoms with Crippen LogP contribution in [0.15, 0.2) is 36.5 Å². The van der Waals surface area contributed by atoms with Crippen molar-refractivity contribution in [2.75, 3.05) is 0 Å². The second kappa shape index (κ2) is 6.00. The molecule has 1 heterocycles. The number of halogens is 5. The normalized spacial score (nSPS) is 20.9. The number of rotatable bonds is 3. The molecule has 0 unspecified atom stereocenters. The van der Waals surface area contributed by atoms with Gasteiger partial charge in [-0.15, -0.1) is 0 Å². The third kappa shape index (κ3) is 3.42. The van der Waals surface area contributed by atoms with Gasteiger partial charge in [0.2, 0.25) is 0 Å². The maximum absolute atomic E-state index is 13.0. The Kier molecular flexibility index (Phi) is 4.19. The molecule has 2 aromatic rings. The molecule has 0 atom stereocenters. The summed E-state index contributed by atoms with van der Waals surface area (Å²) in [6.07, 6.45) is -2.63. The zero-order chi connectivity index (χ0) is 16.6. The van der Waals surface area contributed by atoms with E-state index >= 15 is 0 Å². The summed E-state index contributed by atoms with van der Waals surface area (Å²) < 4.78 is 57.4. The van der Waals surface area contributed by atoms with E-state index < -0.39 is 16.9 Å². The van der Waals surface area contributed by atoms with Gasteiger partial charge in [0.05, 0.1) is 6.10 Å². The second-order valence-electron chi connectivity index (χ2n) is 5.43. The molecule has 1 saturated carbocycles. The van der Waals surface area contributed by atoms with Crippen molar-refractivity contribution in [1.29, 1.82) is 0 Å². The number of nitrogens with zero attached hydrogens (tertiary/aromatic N) is 1. The van der Waals surface area contributed by atoms with Crippen LogP contribution in [0.1, 0.15) is 29.9 Å². The Balaban J connectivity index is 1.69. The van der Waals surface area contributed by atoms with Crippen LogP contribution in [0.5, 0.6) is 5.75 Å². The SMILES string of the molecule is Fc1ccc(C2CC(Oc3ccnc(Cl)c3C(F)(F)F)C2)cc1. The summed E-state index contributed by atoms with van der Waals surface area (Å²) in [4.78, 5) is 3.46. The van der Waals surface area contributed by atoms with Crippen LogP contribution in [0.25, 0.3) is 0 Å². The average Bonchev–Trinajstić information content (AvgIpc) is 2.42. The molecule has 0 radical (unpaired) electrons. The van der Waals surface area contributed by atoms with Crippen molar-refractivity contribution in [2.24, 2.45) is 0 Å². The number of pyridine rings is 1. The molecule has 23 heavy (non-hydrogen) atoms. The lowest BCUT2D eigenvalue weighted by atomic mass is 9.77. The van der Waals surface area contributed by atoms with E-state index in [0.29, 0.717) is 12.8 Å². The van der Waals surface area contributed by atoms with Crippen molar-refractivity contribution >= 4 is 11.6 Å². The second-order valence-corrected chi connectivity index (χ2v) is 5.79. The summed E-state index contributed by atoms with van der Waals surface area (Å²) in [6.45, 7) is 0. The molecule has 0 N–H and O–H groups in total. The fourth-order valence-electron chi connectivity index (χ4n) is 2.62. The van der Waals surface area contributed by atoms with E-state index in [4.69, 9.17) is 16.3 Å². The van der Waals surface area contributed by atoms with Crippen molar-refractivity contribution < 1.29 is 22.3 Å². The van der Waals surface area contributed by atoms with Gasteiger partial charge in [0, 0.05) is 6.20 Å². The topological polar surface area (TPSA) is 22.1 Å². The Morgan fingerprint density at radius 2 is 1.74 bits per heavy atom. The summed E-state index contributed by atoms with van der Waals surface area (Å²) in [5.74, 6) is -0.463. The van der Waals surface area contributed by atoms with Gasteiger partial charge >= 0.3 is 6.18 Å². The van der Waals surface area contributed by atoms with Crippen LogP contribution in [-0.2, 0) is 6.18 Å². The minimum absolute atomic E-state index is 0.159. The molecule has 0 amide bonds. The van der Waals surface area contributed by atoms with Crippen molar-refractivity contribution in [3.8, 4) is 5.75 Å². The van der Waals surface area contributed by atoms with E-state index in [2.05, 4.69) is 4.98 Å². The third-order valence-electron chi connectivity index (χ3n) is 3.88. The van der Waals surface area contributed by atoms with Gasteiger partial charge in [-0.1, -0.05) is 23.7 Å². The highest BCUT2D eigenvalue weighted by Crippen LogP contribution is 2.44. The molecule has 7 heteroatoms. The average molecular weight is 346 g/mol. The molecule has 3 rings (SSSR count). The molecule has 1 aromatic carbocycles. The van der Waals surface area contributed by atoms with Crippen LogP contribution < -0.4 is 4.74 Å². The molecule has 122 valence electrons. The van der Waals surface area contributed by atoms with Crippen LogP contribution in [0.2, 0.25) is 5.15 Å². The Bertz CT molecular complexity index is 696. The Hall–Kier alpha value is -1.82. The van der Waals surface area contributed by atoms with Gasteiger partial charge in [-0.05, 0) is 42.5 Å². The summed E-state index contributed by atoms with van der Waals surface area (Å²) >= 11 is 5.55. The highest BCUT2D eigenvalue weighted by atomic mass is 35.5. The highest BCUT2D eigenvalue weighted by molar-refractivity contribution is 6.30. The monoisotopic (exact) mass is 345 g/mol. The molecule has 0 spiro atoms. The molecule has 1 aromatic heterocycles. The molecule has 0 aliphatic heterocycles. The minimum Gasteiger partial charge on any atom is -0.490 e. The van der Waals surface area contributed by atoms with Crippen molar-refractivity contribution in [1.82, 2.24) is 4.98 Å². The fraction of sp³-hybridized carbons (Fsp3) is 0.312. The predicted molar refractivity (Wildman–Crippen MR) is 77.0 cm³/mol. The maximum atomic E-state index is 13.0. The summed E-state index contributed by atoms with van der Waals surface area (Å²) in [5, 5.41) is -0.621. The van der Waals surface area contributed by atoms with E-state index in [9.17, 15) is 17.6 Å². The van der Waals surface area contributed by atoms with Crippen molar-refractivity contribution in [3.05, 3.63) is 58.6 Å². The molecule has 1 aliphatic rings. The standard InChI is InChI=1S/C16H12ClF4NO/c17-15-14(16(19,20)21)13(5-6-22-15)23-12-7-10(8-12)9-1-3-11(18)4-2-9/h1-6,10,12H,7-8H2. The first-order valence-electron chi connectivity index (χ1n) is 6.98. The molecular formula is C16H12ClF4NO. The molecule has 0 bridgehead atoms. The summed E-state index contributed by atoms with van der Waals surface area (Å²) in [6, 6.07) is 7.27. The summed E-state index contributed by atoms with van der Waals surface area (Å²) in [5.41, 5.74) is -0.0954. The molecular weight excluding hydrogens is 334 g/mol. The zero-order valence-corrected chi connectivity index (χ0v) is 12.5. The van der Waals surface area contributed by atoms with Crippen LogP contribution >= 0.6 is 11.6 Å². The number of aromatic nitrogens is 1. The van der Waals surface area contributed by atoms with Crippen LogP contribution in [0.3, 0.4) is 0 Å². The van der Waals surface area contributed by atoms with E-state index in [-0.39, 0.29) is 23.6 Å². The Morgan fingerprint density at radius 1 is 1.09 bits per heavy atom. The van der Waals surface area contributed by atoms with Gasteiger partial charge < -0.3 is 4.74 Å². The van der Waals surface area contributed by atoms with E-state index in [0.717, 1.165) is 5.56 Å². The van der Waals surface area contributed by atoms with Crippen molar-refractivity contribution in [3.63, 3.8) is 0 Å². The van der Waals surface area contributed by atoms with Gasteiger partial charge in [-0.3, -0.25) is 0 Å². The van der Waals surface area contributed by atoms with E-state index in [1.807, 2.05) is 0 Å². The first kappa shape index (κ1) is 16.1. The Morgan fingerprint density at radius 3 is 2.35 bits per heavy atom. The van der Waals surface area contributed by atoms with Gasteiger partial charge in [-0.25, -0.2) is 9.37 Å². The maximum Gasteiger partial charge on any atom is 0.422 e. The number of benzene rings is 1. The van der Waals surface area contributed by atoms with E-state index in [1.165, 1.54) is 24.4 Å². The highest BCUT2D eigenvalue weighted by Gasteiger charge is 2.40.